The molecule has 0 bridgehead atoms. The lowest BCUT2D eigenvalue weighted by atomic mass is 9.96. The van der Waals surface area contributed by atoms with Gasteiger partial charge in [-0.15, -0.1) is 0 Å². The Morgan fingerprint density at radius 1 is 1.40 bits per heavy atom. The third-order valence-electron chi connectivity index (χ3n) is 3.99. The van der Waals surface area contributed by atoms with Gasteiger partial charge < -0.3 is 24.8 Å². The number of carbonyl (C=O) groups is 1. The third-order valence-corrected chi connectivity index (χ3v) is 3.99. The molecule has 6 nitrogen and oxygen atoms in total. The number of piperidine rings is 1. The topological polar surface area (TPSA) is 74.0 Å². The number of ether oxygens (including phenoxy) is 3. The fraction of sp³-hybridized carbons (Fsp3) is 0.929. The summed E-state index contributed by atoms with van der Waals surface area (Å²) in [5.41, 5.74) is 5.31. The van der Waals surface area contributed by atoms with Crippen molar-refractivity contribution < 1.29 is 19.0 Å². The van der Waals surface area contributed by atoms with Gasteiger partial charge in [-0.25, -0.2) is 0 Å². The smallest absolute Gasteiger partial charge is 0.245 e. The van der Waals surface area contributed by atoms with Crippen LogP contribution in [-0.2, 0) is 19.0 Å². The monoisotopic (exact) mass is 286 g/mol. The predicted molar refractivity (Wildman–Crippen MR) is 74.4 cm³/mol. The lowest BCUT2D eigenvalue weighted by Gasteiger charge is -2.36. The number of rotatable bonds is 6. The molecule has 0 aromatic carbocycles. The minimum atomic E-state index is -0.803. The molecule has 0 aromatic heterocycles. The molecular weight excluding hydrogens is 260 g/mol. The van der Waals surface area contributed by atoms with Crippen molar-refractivity contribution in [3.63, 3.8) is 0 Å². The van der Waals surface area contributed by atoms with Gasteiger partial charge in [-0.1, -0.05) is 0 Å². The summed E-state index contributed by atoms with van der Waals surface area (Å²) in [5.74, 6) is 0.0303. The van der Waals surface area contributed by atoms with Crippen molar-refractivity contribution >= 4 is 5.91 Å². The second-order valence-corrected chi connectivity index (χ2v) is 5.52. The van der Waals surface area contributed by atoms with Crippen LogP contribution in [0, 0.1) is 0 Å². The maximum Gasteiger partial charge on any atom is 0.245 e. The minimum absolute atomic E-state index is 0.0303. The first-order valence-electron chi connectivity index (χ1n) is 7.51. The highest BCUT2D eigenvalue weighted by atomic mass is 16.5. The van der Waals surface area contributed by atoms with Gasteiger partial charge in [-0.3, -0.25) is 4.79 Å². The summed E-state index contributed by atoms with van der Waals surface area (Å²) in [5, 5.41) is 0. The molecule has 0 aromatic rings. The Hall–Kier alpha value is -0.690. The minimum Gasteiger partial charge on any atom is -0.379 e. The van der Waals surface area contributed by atoms with Gasteiger partial charge >= 0.3 is 0 Å². The van der Waals surface area contributed by atoms with E-state index in [4.69, 9.17) is 19.9 Å². The van der Waals surface area contributed by atoms with Crippen molar-refractivity contribution in [1.82, 2.24) is 4.90 Å². The van der Waals surface area contributed by atoms with Gasteiger partial charge in [0, 0.05) is 26.3 Å². The normalized spacial score (nSPS) is 28.0. The van der Waals surface area contributed by atoms with Crippen LogP contribution in [0.3, 0.4) is 0 Å². The molecule has 116 valence electrons. The first-order valence-corrected chi connectivity index (χ1v) is 7.51. The highest BCUT2D eigenvalue weighted by Gasteiger charge is 2.41. The first kappa shape index (κ1) is 15.7. The molecule has 20 heavy (non-hydrogen) atoms. The van der Waals surface area contributed by atoms with Crippen LogP contribution in [-0.4, -0.2) is 68.6 Å². The summed E-state index contributed by atoms with van der Waals surface area (Å²) in [6, 6.07) is 0. The molecule has 2 fully saturated rings. The number of likely N-dealkylation sites (tertiary alicyclic amines) is 1. The van der Waals surface area contributed by atoms with E-state index in [0.29, 0.717) is 32.8 Å². The highest BCUT2D eigenvalue weighted by molar-refractivity contribution is 5.86. The van der Waals surface area contributed by atoms with Crippen molar-refractivity contribution in [2.75, 3.05) is 46.1 Å². The molecule has 6 heteroatoms. The van der Waals surface area contributed by atoms with E-state index >= 15 is 0 Å². The standard InChI is InChI=1S/C14H26N2O4/c1-2-18-9-10-20-12-3-6-16(7-4-12)13(17)14(15)5-8-19-11-14/h12H,2-11,15H2,1H3. The maximum absolute atomic E-state index is 12.4. The zero-order valence-corrected chi connectivity index (χ0v) is 12.3. The molecular formula is C14H26N2O4. The average Bonchev–Trinajstić information content (AvgIpc) is 2.92. The van der Waals surface area contributed by atoms with E-state index in [1.807, 2.05) is 11.8 Å². The van der Waals surface area contributed by atoms with Crippen molar-refractivity contribution in [3.05, 3.63) is 0 Å². The summed E-state index contributed by atoms with van der Waals surface area (Å²) < 4.78 is 16.2. The Labute approximate surface area is 120 Å². The van der Waals surface area contributed by atoms with Crippen LogP contribution in [0.5, 0.6) is 0 Å². The molecule has 1 atom stereocenters. The van der Waals surface area contributed by atoms with E-state index in [0.717, 1.165) is 32.5 Å². The molecule has 2 aliphatic heterocycles. The van der Waals surface area contributed by atoms with Crippen LogP contribution < -0.4 is 5.73 Å². The second-order valence-electron chi connectivity index (χ2n) is 5.52. The first-order chi connectivity index (χ1) is 9.65. The van der Waals surface area contributed by atoms with Crippen LogP contribution in [0.4, 0.5) is 0 Å². The van der Waals surface area contributed by atoms with E-state index in [1.54, 1.807) is 0 Å². The van der Waals surface area contributed by atoms with Crippen molar-refractivity contribution in [2.45, 2.75) is 37.8 Å². The van der Waals surface area contributed by atoms with Crippen LogP contribution in [0.25, 0.3) is 0 Å². The van der Waals surface area contributed by atoms with E-state index in [9.17, 15) is 4.79 Å². The predicted octanol–water partition coefficient (Wildman–Crippen LogP) is 0.148. The molecule has 2 rings (SSSR count). The van der Waals surface area contributed by atoms with E-state index in [-0.39, 0.29) is 12.0 Å². The van der Waals surface area contributed by atoms with Gasteiger partial charge in [-0.2, -0.15) is 0 Å². The van der Waals surface area contributed by atoms with E-state index < -0.39 is 5.54 Å². The molecule has 2 N–H and O–H groups in total. The van der Waals surface area contributed by atoms with Crippen LogP contribution >= 0.6 is 0 Å². The molecule has 1 amide bonds. The Kier molecular flexibility index (Phi) is 5.77. The van der Waals surface area contributed by atoms with Crippen molar-refractivity contribution in [2.24, 2.45) is 5.73 Å². The number of hydrogen-bond donors (Lipinski definition) is 1. The largest absolute Gasteiger partial charge is 0.379 e. The summed E-state index contributed by atoms with van der Waals surface area (Å²) in [6.07, 6.45) is 2.59. The Morgan fingerprint density at radius 2 is 2.15 bits per heavy atom. The molecule has 2 saturated heterocycles. The summed E-state index contributed by atoms with van der Waals surface area (Å²) in [6.45, 7) is 6.32. The fourth-order valence-corrected chi connectivity index (χ4v) is 2.71. The van der Waals surface area contributed by atoms with Gasteiger partial charge in [0.05, 0.1) is 25.9 Å². The molecule has 0 saturated carbocycles. The summed E-state index contributed by atoms with van der Waals surface area (Å²) in [7, 11) is 0. The van der Waals surface area contributed by atoms with Crippen molar-refractivity contribution in [3.8, 4) is 0 Å². The number of carbonyl (C=O) groups excluding carboxylic acids is 1. The SMILES string of the molecule is CCOCCOC1CCN(C(=O)C2(N)CCOC2)CC1. The molecule has 2 aliphatic rings. The summed E-state index contributed by atoms with van der Waals surface area (Å²) >= 11 is 0. The Morgan fingerprint density at radius 3 is 2.75 bits per heavy atom. The van der Waals surface area contributed by atoms with Crippen LogP contribution in [0.1, 0.15) is 26.2 Å². The van der Waals surface area contributed by atoms with E-state index in [1.165, 1.54) is 0 Å². The van der Waals surface area contributed by atoms with Gasteiger partial charge in [-0.05, 0) is 26.2 Å². The van der Waals surface area contributed by atoms with Gasteiger partial charge in [0.25, 0.3) is 0 Å². The van der Waals surface area contributed by atoms with Crippen LogP contribution in [0.15, 0.2) is 0 Å². The molecule has 0 aliphatic carbocycles. The number of nitrogens with two attached hydrogens (primary N) is 1. The van der Waals surface area contributed by atoms with Gasteiger partial charge in [0.1, 0.15) is 5.54 Å². The lowest BCUT2D eigenvalue weighted by Crippen LogP contribution is -2.57. The van der Waals surface area contributed by atoms with E-state index in [2.05, 4.69) is 0 Å². The molecule has 2 heterocycles. The second kappa shape index (κ2) is 7.36. The zero-order valence-electron chi connectivity index (χ0n) is 12.3. The summed E-state index contributed by atoms with van der Waals surface area (Å²) in [4.78, 5) is 14.2. The molecule has 1 unspecified atom stereocenters. The highest BCUT2D eigenvalue weighted by Crippen LogP contribution is 2.22. The number of amides is 1. The number of nitrogens with zero attached hydrogens (tertiary/aromatic N) is 1. The maximum atomic E-state index is 12.4. The fourth-order valence-electron chi connectivity index (χ4n) is 2.71. The molecule has 0 radical (unpaired) electrons. The van der Waals surface area contributed by atoms with Crippen molar-refractivity contribution in [1.29, 1.82) is 0 Å². The van der Waals surface area contributed by atoms with Crippen LogP contribution in [0.2, 0.25) is 0 Å². The Bertz CT molecular complexity index is 310. The Balaban J connectivity index is 1.70. The molecule has 0 spiro atoms. The zero-order chi connectivity index (χ0) is 14.4. The third kappa shape index (κ3) is 3.91. The van der Waals surface area contributed by atoms with Gasteiger partial charge in [0.2, 0.25) is 5.91 Å². The quantitative estimate of drug-likeness (QED) is 0.704. The number of hydrogen-bond acceptors (Lipinski definition) is 5. The lowest BCUT2D eigenvalue weighted by molar-refractivity contribution is -0.139. The average molecular weight is 286 g/mol. The van der Waals surface area contributed by atoms with Gasteiger partial charge in [0.15, 0.2) is 0 Å².